The van der Waals surface area contributed by atoms with Crippen molar-refractivity contribution in [3.63, 3.8) is 0 Å². The van der Waals surface area contributed by atoms with Crippen LogP contribution < -0.4 is 10.1 Å². The lowest BCUT2D eigenvalue weighted by Crippen LogP contribution is -2.27. The van der Waals surface area contributed by atoms with Crippen LogP contribution in [-0.4, -0.2) is 19.2 Å². The third kappa shape index (κ3) is 3.22. The zero-order valence-corrected chi connectivity index (χ0v) is 10.9. The third-order valence-corrected chi connectivity index (χ3v) is 3.57. The van der Waals surface area contributed by atoms with E-state index in [1.54, 1.807) is 0 Å². The van der Waals surface area contributed by atoms with Crippen LogP contribution in [0.15, 0.2) is 24.3 Å². The van der Waals surface area contributed by atoms with E-state index >= 15 is 0 Å². The second-order valence-corrected chi connectivity index (χ2v) is 4.87. The van der Waals surface area contributed by atoms with Crippen LogP contribution in [0.4, 0.5) is 0 Å². The van der Waals surface area contributed by atoms with Crippen molar-refractivity contribution in [1.29, 1.82) is 0 Å². The second kappa shape index (κ2) is 6.06. The first-order valence-corrected chi connectivity index (χ1v) is 6.78. The van der Waals surface area contributed by atoms with E-state index < -0.39 is 0 Å². The monoisotopic (exact) mass is 233 g/mol. The average molecular weight is 233 g/mol. The van der Waals surface area contributed by atoms with Gasteiger partial charge in [-0.3, -0.25) is 0 Å². The predicted octanol–water partition coefficient (Wildman–Crippen LogP) is 3.02. The average Bonchev–Trinajstić information content (AvgIpc) is 2.76. The highest BCUT2D eigenvalue weighted by Crippen LogP contribution is 2.31. The molecule has 1 aliphatic rings. The molecule has 0 bridgehead atoms. The van der Waals surface area contributed by atoms with E-state index in [0.717, 1.165) is 37.6 Å². The van der Waals surface area contributed by atoms with Crippen LogP contribution in [0.3, 0.4) is 0 Å². The van der Waals surface area contributed by atoms with E-state index in [2.05, 4.69) is 43.4 Å². The SMILES string of the molecule is CCNCC(CC)CC1Cc2ccccc2O1. The number of ether oxygens (including phenoxy) is 1. The molecule has 1 aromatic carbocycles. The zero-order valence-electron chi connectivity index (χ0n) is 10.9. The minimum Gasteiger partial charge on any atom is -0.490 e. The molecule has 0 aliphatic carbocycles. The van der Waals surface area contributed by atoms with Crippen molar-refractivity contribution in [2.75, 3.05) is 13.1 Å². The molecule has 0 aromatic heterocycles. The number of hydrogen-bond acceptors (Lipinski definition) is 2. The van der Waals surface area contributed by atoms with Gasteiger partial charge in [0.1, 0.15) is 11.9 Å². The maximum atomic E-state index is 5.99. The van der Waals surface area contributed by atoms with Gasteiger partial charge < -0.3 is 10.1 Å². The Kier molecular flexibility index (Phi) is 4.43. The van der Waals surface area contributed by atoms with Crippen LogP contribution in [0.1, 0.15) is 32.3 Å². The van der Waals surface area contributed by atoms with Crippen molar-refractivity contribution in [3.05, 3.63) is 29.8 Å². The van der Waals surface area contributed by atoms with Crippen LogP contribution in [0.2, 0.25) is 0 Å². The van der Waals surface area contributed by atoms with Crippen molar-refractivity contribution < 1.29 is 4.74 Å². The summed E-state index contributed by atoms with van der Waals surface area (Å²) in [6.45, 7) is 6.60. The van der Waals surface area contributed by atoms with Gasteiger partial charge in [0.15, 0.2) is 0 Å². The Morgan fingerprint density at radius 3 is 2.88 bits per heavy atom. The molecule has 94 valence electrons. The number of nitrogens with one attached hydrogen (secondary N) is 1. The van der Waals surface area contributed by atoms with Gasteiger partial charge in [0.25, 0.3) is 0 Å². The van der Waals surface area contributed by atoms with Gasteiger partial charge in [-0.05, 0) is 37.1 Å². The highest BCUT2D eigenvalue weighted by molar-refractivity contribution is 5.37. The third-order valence-electron chi connectivity index (χ3n) is 3.57. The lowest BCUT2D eigenvalue weighted by molar-refractivity contribution is 0.190. The maximum absolute atomic E-state index is 5.99. The van der Waals surface area contributed by atoms with Crippen LogP contribution in [0.25, 0.3) is 0 Å². The Morgan fingerprint density at radius 2 is 2.18 bits per heavy atom. The molecule has 2 rings (SSSR count). The Hall–Kier alpha value is -1.02. The van der Waals surface area contributed by atoms with E-state index in [9.17, 15) is 0 Å². The maximum Gasteiger partial charge on any atom is 0.123 e. The molecule has 2 unspecified atom stereocenters. The Bertz CT molecular complexity index is 326. The number of para-hydroxylation sites is 1. The summed E-state index contributed by atoms with van der Waals surface area (Å²) in [6.07, 6.45) is 3.86. The first-order chi connectivity index (χ1) is 8.33. The lowest BCUT2D eigenvalue weighted by atomic mass is 9.96. The number of benzene rings is 1. The molecule has 0 radical (unpaired) electrons. The summed E-state index contributed by atoms with van der Waals surface area (Å²) in [5.74, 6) is 1.82. The van der Waals surface area contributed by atoms with E-state index in [0.29, 0.717) is 6.10 Å². The number of fused-ring (bicyclic) bond motifs is 1. The molecule has 1 aliphatic heterocycles. The van der Waals surface area contributed by atoms with Crippen molar-refractivity contribution in [1.82, 2.24) is 5.32 Å². The second-order valence-electron chi connectivity index (χ2n) is 4.87. The summed E-state index contributed by atoms with van der Waals surface area (Å²) in [5, 5.41) is 3.44. The summed E-state index contributed by atoms with van der Waals surface area (Å²) in [5.41, 5.74) is 1.37. The van der Waals surface area contributed by atoms with Crippen LogP contribution in [0.5, 0.6) is 5.75 Å². The zero-order chi connectivity index (χ0) is 12.1. The quantitative estimate of drug-likeness (QED) is 0.815. The highest BCUT2D eigenvalue weighted by atomic mass is 16.5. The molecule has 1 aromatic rings. The van der Waals surface area contributed by atoms with Crippen molar-refractivity contribution >= 4 is 0 Å². The summed E-state index contributed by atoms with van der Waals surface area (Å²) >= 11 is 0. The van der Waals surface area contributed by atoms with E-state index in [-0.39, 0.29) is 0 Å². The predicted molar refractivity (Wildman–Crippen MR) is 71.5 cm³/mol. The fraction of sp³-hybridized carbons (Fsp3) is 0.600. The molecule has 17 heavy (non-hydrogen) atoms. The summed E-state index contributed by atoms with van der Waals surface area (Å²) in [6, 6.07) is 8.42. The molecule has 2 atom stereocenters. The van der Waals surface area contributed by atoms with Gasteiger partial charge in [0.05, 0.1) is 0 Å². The van der Waals surface area contributed by atoms with Gasteiger partial charge in [0, 0.05) is 6.42 Å². The van der Waals surface area contributed by atoms with Crippen molar-refractivity contribution in [2.45, 2.75) is 39.2 Å². The molecule has 0 saturated carbocycles. The Balaban J connectivity index is 1.85. The topological polar surface area (TPSA) is 21.3 Å². The molecular weight excluding hydrogens is 210 g/mol. The molecule has 2 heteroatoms. The number of hydrogen-bond donors (Lipinski definition) is 1. The fourth-order valence-electron chi connectivity index (χ4n) is 2.50. The Morgan fingerprint density at radius 1 is 1.35 bits per heavy atom. The minimum atomic E-state index is 0.385. The first kappa shape index (κ1) is 12.4. The molecular formula is C15H23NO. The Labute approximate surface area is 104 Å². The molecule has 0 spiro atoms. The number of rotatable bonds is 6. The van der Waals surface area contributed by atoms with Gasteiger partial charge in [0.2, 0.25) is 0 Å². The summed E-state index contributed by atoms with van der Waals surface area (Å²) in [7, 11) is 0. The summed E-state index contributed by atoms with van der Waals surface area (Å²) in [4.78, 5) is 0. The van der Waals surface area contributed by atoms with Gasteiger partial charge >= 0.3 is 0 Å². The minimum absolute atomic E-state index is 0.385. The van der Waals surface area contributed by atoms with E-state index in [1.165, 1.54) is 12.0 Å². The standard InChI is InChI=1S/C15H23NO/c1-3-12(11-16-4-2)9-14-10-13-7-5-6-8-15(13)17-14/h5-8,12,14,16H,3-4,9-11H2,1-2H3. The fourth-order valence-corrected chi connectivity index (χ4v) is 2.50. The van der Waals surface area contributed by atoms with Gasteiger partial charge in [-0.1, -0.05) is 38.5 Å². The largest absolute Gasteiger partial charge is 0.490 e. The van der Waals surface area contributed by atoms with Gasteiger partial charge in [-0.15, -0.1) is 0 Å². The molecule has 0 amide bonds. The van der Waals surface area contributed by atoms with Gasteiger partial charge in [-0.2, -0.15) is 0 Å². The molecule has 1 N–H and O–H groups in total. The highest BCUT2D eigenvalue weighted by Gasteiger charge is 2.24. The first-order valence-electron chi connectivity index (χ1n) is 6.78. The van der Waals surface area contributed by atoms with Crippen molar-refractivity contribution in [2.24, 2.45) is 5.92 Å². The van der Waals surface area contributed by atoms with E-state index in [4.69, 9.17) is 4.74 Å². The lowest BCUT2D eigenvalue weighted by Gasteiger charge is -2.19. The molecule has 1 heterocycles. The molecule has 0 saturated heterocycles. The van der Waals surface area contributed by atoms with E-state index in [1.807, 2.05) is 0 Å². The molecule has 2 nitrogen and oxygen atoms in total. The molecule has 0 fully saturated rings. The van der Waals surface area contributed by atoms with Crippen molar-refractivity contribution in [3.8, 4) is 5.75 Å². The summed E-state index contributed by atoms with van der Waals surface area (Å²) < 4.78 is 5.99. The smallest absolute Gasteiger partial charge is 0.123 e. The van der Waals surface area contributed by atoms with Crippen LogP contribution >= 0.6 is 0 Å². The van der Waals surface area contributed by atoms with Crippen LogP contribution in [0, 0.1) is 5.92 Å². The van der Waals surface area contributed by atoms with Gasteiger partial charge in [-0.25, -0.2) is 0 Å². The normalized spacial score (nSPS) is 19.8. The van der Waals surface area contributed by atoms with Crippen LogP contribution in [-0.2, 0) is 6.42 Å².